The molecule has 0 aromatic heterocycles. The average Bonchev–Trinajstić information content (AvgIpc) is 3.39. The van der Waals surface area contributed by atoms with Crippen molar-refractivity contribution in [3.05, 3.63) is 68.6 Å². The topological polar surface area (TPSA) is 88.1 Å². The Morgan fingerprint density at radius 2 is 1.39 bits per heavy atom. The minimum Gasteiger partial charge on any atom is -0.455 e. The van der Waals surface area contributed by atoms with Gasteiger partial charge in [0.2, 0.25) is 0 Å². The molecular weight excluding hydrogens is 692 g/mol. The maximum Gasteiger partial charge on any atom is 0.338 e. The van der Waals surface area contributed by atoms with Crippen LogP contribution in [-0.2, 0) is 23.7 Å². The van der Waals surface area contributed by atoms with E-state index in [-0.39, 0.29) is 40.8 Å². The number of carbonyl (C=O) groups excluding carboxylic acids is 3. The lowest BCUT2D eigenvalue weighted by Gasteiger charge is -2.42. The van der Waals surface area contributed by atoms with Crippen LogP contribution in [0, 0.1) is 46.3 Å². The van der Waals surface area contributed by atoms with E-state index in [0.717, 1.165) is 15.4 Å². The molecule has 1 saturated heterocycles. The molecule has 2 aromatic rings. The van der Waals surface area contributed by atoms with Crippen LogP contribution in [0.5, 0.6) is 0 Å². The summed E-state index contributed by atoms with van der Waals surface area (Å²) in [5.74, 6) is -0.675. The Morgan fingerprint density at radius 3 is 1.98 bits per heavy atom. The van der Waals surface area contributed by atoms with Gasteiger partial charge in [0.25, 0.3) is 0 Å². The van der Waals surface area contributed by atoms with Crippen molar-refractivity contribution >= 4 is 49.6 Å². The monoisotopic (exact) mass is 728 g/mol. The van der Waals surface area contributed by atoms with Gasteiger partial charge in [0.05, 0.1) is 24.3 Å². The Labute approximate surface area is 275 Å². The first-order chi connectivity index (χ1) is 21.0. The number of ketones is 1. The van der Waals surface area contributed by atoms with Gasteiger partial charge in [0.1, 0.15) is 18.0 Å². The first kappa shape index (κ1) is 30.6. The molecule has 0 N–H and O–H groups in total. The lowest BCUT2D eigenvalue weighted by atomic mass is 9.62. The highest BCUT2D eigenvalue weighted by atomic mass is 79.9. The van der Waals surface area contributed by atoms with E-state index in [9.17, 15) is 9.59 Å². The van der Waals surface area contributed by atoms with Crippen LogP contribution in [-0.4, -0.2) is 49.4 Å². The van der Waals surface area contributed by atoms with Gasteiger partial charge in [-0.15, -0.1) is 0 Å². The van der Waals surface area contributed by atoms with E-state index in [0.29, 0.717) is 49.5 Å². The zero-order chi connectivity index (χ0) is 31.0. The summed E-state index contributed by atoms with van der Waals surface area (Å²) >= 11 is 6.87. The molecule has 2 aromatic carbocycles. The summed E-state index contributed by atoms with van der Waals surface area (Å²) in [4.78, 5) is 42.5. The summed E-state index contributed by atoms with van der Waals surface area (Å²) in [6.07, 6.45) is 0.539. The van der Waals surface area contributed by atoms with Gasteiger partial charge >= 0.3 is 11.9 Å². The second-order valence-corrected chi connectivity index (χ2v) is 15.9. The molecule has 0 radical (unpaired) electrons. The van der Waals surface area contributed by atoms with Crippen LogP contribution in [0.2, 0.25) is 0 Å². The van der Waals surface area contributed by atoms with Crippen LogP contribution < -0.4 is 0 Å². The molecule has 9 heteroatoms. The molecule has 5 fully saturated rings. The van der Waals surface area contributed by atoms with Gasteiger partial charge in [-0.1, -0.05) is 52.6 Å². The first-order valence-corrected chi connectivity index (χ1v) is 17.3. The number of ether oxygens (including phenoxy) is 4. The van der Waals surface area contributed by atoms with Crippen LogP contribution in [0.25, 0.3) is 0 Å². The fourth-order valence-corrected chi connectivity index (χ4v) is 9.98. The van der Waals surface area contributed by atoms with Crippen LogP contribution in [0.3, 0.4) is 0 Å². The largest absolute Gasteiger partial charge is 0.455 e. The Hall–Kier alpha value is -2.07. The maximum absolute atomic E-state index is 15.1. The molecule has 7 nitrogen and oxygen atoms in total. The predicted molar refractivity (Wildman–Crippen MR) is 169 cm³/mol. The molecule has 9 atom stereocenters. The summed E-state index contributed by atoms with van der Waals surface area (Å²) in [6.45, 7) is 7.78. The minimum absolute atomic E-state index is 0.0215. The van der Waals surface area contributed by atoms with Crippen molar-refractivity contribution in [2.75, 3.05) is 13.2 Å². The average molecular weight is 730 g/mol. The van der Waals surface area contributed by atoms with Gasteiger partial charge in [-0.2, -0.15) is 0 Å². The number of benzene rings is 2. The molecule has 5 aliphatic rings. The highest BCUT2D eigenvalue weighted by Gasteiger charge is 2.73. The number of hydrogen-bond donors (Lipinski definition) is 0. The standard InChI is InChI=1S/C35H38Br2O7/c1-18-14-25-28(34(25,2)3)24-16-27(43-31(39)19-4-8-22(36)9-5-19)29(44-32(40)20-6-10-23(37)11-7-20)26-15-21(33-41-12-13-42-33)17-35(18,26)30(24)38/h4-11,18,21,24-29,33H,12-17H2,1-3H3/t18-,21+,24-,25-,26+,27-,28+,29+,35-/m1/s1. The third-order valence-corrected chi connectivity index (χ3v) is 12.7. The van der Waals surface area contributed by atoms with E-state index in [1.807, 2.05) is 0 Å². The van der Waals surface area contributed by atoms with Crippen molar-refractivity contribution in [3.63, 3.8) is 0 Å². The number of esters is 2. The number of Topliss-reactive ketones (excluding diaryl/α,β-unsaturated/α-hetero) is 1. The Morgan fingerprint density at radius 1 is 0.818 bits per heavy atom. The molecule has 4 aliphatic carbocycles. The molecule has 1 heterocycles. The fraction of sp³-hybridized carbons (Fsp3) is 0.571. The Kier molecular flexibility index (Phi) is 7.87. The molecule has 0 unspecified atom stereocenters. The molecule has 2 bridgehead atoms. The quantitative estimate of drug-likeness (QED) is 0.300. The van der Waals surface area contributed by atoms with Crippen LogP contribution in [0.1, 0.15) is 67.2 Å². The van der Waals surface area contributed by atoms with Gasteiger partial charge in [0, 0.05) is 32.1 Å². The van der Waals surface area contributed by atoms with E-state index in [4.69, 9.17) is 18.9 Å². The highest BCUT2D eigenvalue weighted by molar-refractivity contribution is 9.10. The van der Waals surface area contributed by atoms with Crippen molar-refractivity contribution in [2.45, 2.75) is 65.0 Å². The molecule has 234 valence electrons. The SMILES string of the molecule is C[C@@H]1C[C@@H]2[C@H]([C@H]3C[C@@H](OC(=O)c4ccc(Br)cc4)[C@@H](OC(=O)c4ccc(Br)cc4)[C@@H]4C[C@H](C5OCCO5)C[C@@]14C3=O)C2(C)C. The summed E-state index contributed by atoms with van der Waals surface area (Å²) in [6, 6.07) is 14.1. The van der Waals surface area contributed by atoms with Crippen LogP contribution in [0.15, 0.2) is 57.5 Å². The molecule has 7 rings (SSSR count). The summed E-state index contributed by atoms with van der Waals surface area (Å²) < 4.78 is 26.5. The number of carbonyl (C=O) groups is 3. The van der Waals surface area contributed by atoms with Crippen LogP contribution >= 0.6 is 31.9 Å². The Balaban J connectivity index is 1.32. The van der Waals surface area contributed by atoms with Gasteiger partial charge in [-0.05, 0) is 97.4 Å². The number of fused-ring (bicyclic) bond motifs is 3. The lowest BCUT2D eigenvalue weighted by Crippen LogP contribution is -2.48. The molecule has 44 heavy (non-hydrogen) atoms. The Bertz CT molecular complexity index is 1450. The highest BCUT2D eigenvalue weighted by Crippen LogP contribution is 2.72. The number of rotatable bonds is 5. The van der Waals surface area contributed by atoms with E-state index in [1.165, 1.54) is 0 Å². The van der Waals surface area contributed by atoms with Gasteiger partial charge in [-0.3, -0.25) is 4.79 Å². The van der Waals surface area contributed by atoms with Gasteiger partial charge < -0.3 is 18.9 Å². The van der Waals surface area contributed by atoms with Crippen molar-refractivity contribution in [1.82, 2.24) is 0 Å². The molecular formula is C35H38Br2O7. The minimum atomic E-state index is -0.799. The summed E-state index contributed by atoms with van der Waals surface area (Å²) in [5, 5.41) is 0. The van der Waals surface area contributed by atoms with E-state index in [2.05, 4.69) is 52.6 Å². The second kappa shape index (κ2) is 11.3. The van der Waals surface area contributed by atoms with Gasteiger partial charge in [0.15, 0.2) is 6.29 Å². The van der Waals surface area contributed by atoms with Gasteiger partial charge in [-0.25, -0.2) is 9.59 Å². The van der Waals surface area contributed by atoms with Crippen molar-refractivity contribution in [1.29, 1.82) is 0 Å². The third kappa shape index (κ3) is 5.01. The second-order valence-electron chi connectivity index (χ2n) is 14.1. The predicted octanol–water partition coefficient (Wildman–Crippen LogP) is 7.25. The molecule has 1 spiro atoms. The van der Waals surface area contributed by atoms with Crippen molar-refractivity contribution < 1.29 is 33.3 Å². The summed E-state index contributed by atoms with van der Waals surface area (Å²) in [5.41, 5.74) is 0.115. The van der Waals surface area contributed by atoms with Crippen molar-refractivity contribution in [3.8, 4) is 0 Å². The fourth-order valence-electron chi connectivity index (χ4n) is 9.46. The lowest BCUT2D eigenvalue weighted by molar-refractivity contribution is -0.141. The van der Waals surface area contributed by atoms with Crippen molar-refractivity contribution in [2.24, 2.45) is 46.3 Å². The smallest absolute Gasteiger partial charge is 0.338 e. The normalized spacial score (nSPS) is 37.3. The number of halogens is 2. The zero-order valence-corrected chi connectivity index (χ0v) is 28.3. The van der Waals surface area contributed by atoms with E-state index >= 15 is 4.79 Å². The summed E-state index contributed by atoms with van der Waals surface area (Å²) in [7, 11) is 0. The molecule has 0 amide bonds. The third-order valence-electron chi connectivity index (χ3n) is 11.6. The van der Waals surface area contributed by atoms with Crippen LogP contribution in [0.4, 0.5) is 0 Å². The molecule has 4 saturated carbocycles. The molecule has 1 aliphatic heterocycles. The number of hydrogen-bond acceptors (Lipinski definition) is 7. The first-order valence-electron chi connectivity index (χ1n) is 15.7. The van der Waals surface area contributed by atoms with E-state index < -0.39 is 35.9 Å². The van der Waals surface area contributed by atoms with E-state index in [1.54, 1.807) is 48.5 Å². The zero-order valence-electron chi connectivity index (χ0n) is 25.2. The maximum atomic E-state index is 15.1.